The van der Waals surface area contributed by atoms with E-state index in [4.69, 9.17) is 5.73 Å². The van der Waals surface area contributed by atoms with Crippen LogP contribution >= 0.6 is 28.3 Å². The fourth-order valence-corrected chi connectivity index (χ4v) is 2.92. The molecule has 17 heavy (non-hydrogen) atoms. The SMILES string of the molecule is Cc1ccc([C@@H](N)[C@@H](O)C2CCC2)c(Br)c1.Cl. The van der Waals surface area contributed by atoms with E-state index in [1.54, 1.807) is 0 Å². The van der Waals surface area contributed by atoms with Crippen LogP contribution in [0.3, 0.4) is 0 Å². The van der Waals surface area contributed by atoms with Gasteiger partial charge in [0.1, 0.15) is 0 Å². The van der Waals surface area contributed by atoms with E-state index in [-0.39, 0.29) is 18.4 Å². The summed E-state index contributed by atoms with van der Waals surface area (Å²) in [5.74, 6) is 0.392. The topological polar surface area (TPSA) is 46.2 Å². The van der Waals surface area contributed by atoms with Gasteiger partial charge in [0.25, 0.3) is 0 Å². The maximum Gasteiger partial charge on any atom is 0.0761 e. The highest BCUT2D eigenvalue weighted by Crippen LogP contribution is 2.36. The summed E-state index contributed by atoms with van der Waals surface area (Å²) in [7, 11) is 0. The molecule has 0 aliphatic heterocycles. The Morgan fingerprint density at radius 3 is 2.53 bits per heavy atom. The number of aliphatic hydroxyl groups is 1. The second kappa shape index (κ2) is 6.19. The molecule has 0 unspecified atom stereocenters. The van der Waals surface area contributed by atoms with Gasteiger partial charge in [-0.2, -0.15) is 0 Å². The number of halogens is 2. The third-order valence-electron chi connectivity index (χ3n) is 3.52. The van der Waals surface area contributed by atoms with Crippen LogP contribution < -0.4 is 5.73 Å². The van der Waals surface area contributed by atoms with Gasteiger partial charge in [0.2, 0.25) is 0 Å². The minimum Gasteiger partial charge on any atom is -0.391 e. The van der Waals surface area contributed by atoms with Crippen LogP contribution in [0.25, 0.3) is 0 Å². The minimum atomic E-state index is -0.409. The van der Waals surface area contributed by atoms with Crippen molar-refractivity contribution < 1.29 is 5.11 Å². The molecule has 2 atom stereocenters. The number of aliphatic hydroxyl groups excluding tert-OH is 1. The highest BCUT2D eigenvalue weighted by Gasteiger charge is 2.31. The first-order chi connectivity index (χ1) is 7.59. The molecular formula is C13H19BrClNO. The largest absolute Gasteiger partial charge is 0.391 e. The highest BCUT2D eigenvalue weighted by molar-refractivity contribution is 9.10. The zero-order valence-electron chi connectivity index (χ0n) is 9.90. The molecule has 0 aromatic heterocycles. The van der Waals surface area contributed by atoms with Crippen molar-refractivity contribution in [3.63, 3.8) is 0 Å². The first kappa shape index (κ1) is 15.0. The van der Waals surface area contributed by atoms with Gasteiger partial charge in [0.15, 0.2) is 0 Å². The molecule has 1 aliphatic carbocycles. The van der Waals surface area contributed by atoms with E-state index in [0.29, 0.717) is 5.92 Å². The summed E-state index contributed by atoms with van der Waals surface area (Å²) in [6.45, 7) is 2.04. The average Bonchev–Trinajstić information content (AvgIpc) is 2.14. The predicted molar refractivity (Wildman–Crippen MR) is 76.4 cm³/mol. The molecule has 3 N–H and O–H groups in total. The highest BCUT2D eigenvalue weighted by atomic mass is 79.9. The first-order valence-electron chi connectivity index (χ1n) is 5.79. The molecule has 1 aliphatic rings. The van der Waals surface area contributed by atoms with Crippen molar-refractivity contribution in [1.29, 1.82) is 0 Å². The van der Waals surface area contributed by atoms with Gasteiger partial charge in [-0.05, 0) is 42.9 Å². The summed E-state index contributed by atoms with van der Waals surface area (Å²) in [6, 6.07) is 5.81. The molecule has 96 valence electrons. The van der Waals surface area contributed by atoms with Crippen LogP contribution in [0.2, 0.25) is 0 Å². The van der Waals surface area contributed by atoms with Crippen LogP contribution in [0, 0.1) is 12.8 Å². The van der Waals surface area contributed by atoms with Gasteiger partial charge in [-0.15, -0.1) is 12.4 Å². The molecule has 2 nitrogen and oxygen atoms in total. The smallest absolute Gasteiger partial charge is 0.0761 e. The lowest BCUT2D eigenvalue weighted by molar-refractivity contribution is 0.0412. The van der Waals surface area contributed by atoms with E-state index in [2.05, 4.69) is 15.9 Å². The fraction of sp³-hybridized carbons (Fsp3) is 0.538. The molecule has 0 heterocycles. The molecule has 1 aromatic carbocycles. The molecule has 0 saturated heterocycles. The molecule has 4 heteroatoms. The predicted octanol–water partition coefficient (Wildman–Crippen LogP) is 3.34. The lowest BCUT2D eigenvalue weighted by Crippen LogP contribution is -2.36. The van der Waals surface area contributed by atoms with E-state index in [9.17, 15) is 5.11 Å². The Hall–Kier alpha value is -0.0900. The van der Waals surface area contributed by atoms with E-state index in [0.717, 1.165) is 22.9 Å². The van der Waals surface area contributed by atoms with Crippen molar-refractivity contribution in [3.8, 4) is 0 Å². The van der Waals surface area contributed by atoms with Crippen molar-refractivity contribution in [2.24, 2.45) is 11.7 Å². The van der Waals surface area contributed by atoms with Gasteiger partial charge in [-0.25, -0.2) is 0 Å². The van der Waals surface area contributed by atoms with Crippen LogP contribution in [0.4, 0.5) is 0 Å². The van der Waals surface area contributed by atoms with Gasteiger partial charge in [0.05, 0.1) is 12.1 Å². The maximum absolute atomic E-state index is 10.1. The second-order valence-electron chi connectivity index (χ2n) is 4.73. The van der Waals surface area contributed by atoms with Crippen molar-refractivity contribution in [3.05, 3.63) is 33.8 Å². The number of aryl methyl sites for hydroxylation is 1. The monoisotopic (exact) mass is 319 g/mol. The summed E-state index contributed by atoms with van der Waals surface area (Å²) in [5, 5.41) is 10.1. The van der Waals surface area contributed by atoms with Crippen molar-refractivity contribution in [1.82, 2.24) is 0 Å². The van der Waals surface area contributed by atoms with Gasteiger partial charge in [-0.3, -0.25) is 0 Å². The van der Waals surface area contributed by atoms with E-state index in [1.807, 2.05) is 25.1 Å². The number of nitrogens with two attached hydrogens (primary N) is 1. The molecule has 1 fully saturated rings. The number of benzene rings is 1. The normalized spacial score (nSPS) is 19.1. The molecular weight excluding hydrogens is 302 g/mol. The Morgan fingerprint density at radius 1 is 1.41 bits per heavy atom. The third kappa shape index (κ3) is 3.22. The van der Waals surface area contributed by atoms with Gasteiger partial charge < -0.3 is 10.8 Å². The van der Waals surface area contributed by atoms with Gasteiger partial charge in [0, 0.05) is 4.47 Å². The molecule has 1 saturated carbocycles. The van der Waals surface area contributed by atoms with Crippen LogP contribution in [-0.2, 0) is 0 Å². The fourth-order valence-electron chi connectivity index (χ4n) is 2.16. The zero-order chi connectivity index (χ0) is 11.7. The second-order valence-corrected chi connectivity index (χ2v) is 5.59. The Balaban J connectivity index is 0.00000144. The standard InChI is InChI=1S/C13H18BrNO.ClH/c1-8-5-6-10(11(14)7-8)12(15)13(16)9-3-2-4-9;/h5-7,9,12-13,16H,2-4,15H2,1H3;1H/t12-,13+;/m1./s1. The van der Waals surface area contributed by atoms with Crippen LogP contribution in [0.15, 0.2) is 22.7 Å². The quantitative estimate of drug-likeness (QED) is 0.897. The van der Waals surface area contributed by atoms with E-state index < -0.39 is 6.10 Å². The summed E-state index contributed by atoms with van der Waals surface area (Å²) in [4.78, 5) is 0. The third-order valence-corrected chi connectivity index (χ3v) is 4.20. The zero-order valence-corrected chi connectivity index (χ0v) is 12.3. The molecule has 2 rings (SSSR count). The molecule has 1 aromatic rings. The lowest BCUT2D eigenvalue weighted by atomic mass is 9.77. The molecule has 0 bridgehead atoms. The Labute approximate surface area is 117 Å². The Bertz CT molecular complexity index is 382. The number of hydrogen-bond donors (Lipinski definition) is 2. The van der Waals surface area contributed by atoms with Crippen molar-refractivity contribution in [2.75, 3.05) is 0 Å². The molecule has 0 radical (unpaired) electrons. The van der Waals surface area contributed by atoms with Crippen LogP contribution in [0.1, 0.15) is 36.4 Å². The number of rotatable bonds is 3. The summed E-state index contributed by atoms with van der Waals surface area (Å²) < 4.78 is 0.998. The van der Waals surface area contributed by atoms with Crippen LogP contribution in [0.5, 0.6) is 0 Å². The lowest BCUT2D eigenvalue weighted by Gasteiger charge is -2.34. The molecule has 0 amide bonds. The van der Waals surface area contributed by atoms with Gasteiger partial charge in [-0.1, -0.05) is 34.5 Å². The van der Waals surface area contributed by atoms with Crippen molar-refractivity contribution in [2.45, 2.75) is 38.3 Å². The minimum absolute atomic E-state index is 0. The van der Waals surface area contributed by atoms with Crippen molar-refractivity contribution >= 4 is 28.3 Å². The maximum atomic E-state index is 10.1. The summed E-state index contributed by atoms with van der Waals surface area (Å²) in [6.07, 6.45) is 3.04. The first-order valence-corrected chi connectivity index (χ1v) is 6.58. The average molecular weight is 321 g/mol. The van der Waals surface area contributed by atoms with Gasteiger partial charge >= 0.3 is 0 Å². The summed E-state index contributed by atoms with van der Waals surface area (Å²) in [5.41, 5.74) is 8.32. The van der Waals surface area contributed by atoms with Crippen LogP contribution in [-0.4, -0.2) is 11.2 Å². The van der Waals surface area contributed by atoms with E-state index >= 15 is 0 Å². The van der Waals surface area contributed by atoms with E-state index in [1.165, 1.54) is 12.0 Å². The summed E-state index contributed by atoms with van der Waals surface area (Å²) >= 11 is 3.51. The number of hydrogen-bond acceptors (Lipinski definition) is 2. The Kier molecular flexibility index (Phi) is 5.45. The Morgan fingerprint density at radius 2 is 2.06 bits per heavy atom. The molecule has 0 spiro atoms.